The third kappa shape index (κ3) is 1.33. The minimum Gasteiger partial charge on any atom is -0.481 e. The Kier molecular flexibility index (Phi) is 2.58. The van der Waals surface area contributed by atoms with Crippen molar-refractivity contribution in [2.24, 2.45) is 10.8 Å². The zero-order valence-electron chi connectivity index (χ0n) is 7.25. The number of aliphatic hydroxyl groups excluding tert-OH is 1. The van der Waals surface area contributed by atoms with Gasteiger partial charge in [0.2, 0.25) is 0 Å². The molecule has 0 amide bonds. The van der Waals surface area contributed by atoms with Crippen molar-refractivity contribution in [1.29, 1.82) is 0 Å². The fraction of sp³-hybridized carbons (Fsp3) is 0.875. The lowest BCUT2D eigenvalue weighted by Gasteiger charge is -2.57. The van der Waals surface area contributed by atoms with Crippen LogP contribution >= 0.6 is 12.4 Å². The van der Waals surface area contributed by atoms with Crippen molar-refractivity contribution in [3.63, 3.8) is 0 Å². The number of fused-ring (bicyclic) bond motifs is 2. The Hall–Kier alpha value is -0.320. The lowest BCUT2D eigenvalue weighted by Crippen LogP contribution is -2.66. The van der Waals surface area contributed by atoms with E-state index in [9.17, 15) is 4.79 Å². The summed E-state index contributed by atoms with van der Waals surface area (Å²) in [6, 6.07) is 0. The smallest absolute Gasteiger partial charge is 0.310 e. The molecule has 5 heteroatoms. The van der Waals surface area contributed by atoms with Gasteiger partial charge in [-0.3, -0.25) is 4.79 Å². The van der Waals surface area contributed by atoms with Crippen LogP contribution in [0.1, 0.15) is 12.8 Å². The SMILES string of the molecule is Cl.O=C(O)C12CNCC(CO)(C1)C2. The lowest BCUT2D eigenvalue weighted by molar-refractivity contribution is -0.176. The van der Waals surface area contributed by atoms with E-state index in [4.69, 9.17) is 10.2 Å². The second kappa shape index (κ2) is 3.12. The van der Waals surface area contributed by atoms with Crippen LogP contribution in [0.4, 0.5) is 0 Å². The fourth-order valence-corrected chi connectivity index (χ4v) is 2.60. The molecule has 2 aliphatic heterocycles. The minimum absolute atomic E-state index is 0. The largest absolute Gasteiger partial charge is 0.481 e. The van der Waals surface area contributed by atoms with E-state index in [1.807, 2.05) is 0 Å². The van der Waals surface area contributed by atoms with E-state index >= 15 is 0 Å². The monoisotopic (exact) mass is 207 g/mol. The summed E-state index contributed by atoms with van der Waals surface area (Å²) in [6.45, 7) is 1.43. The summed E-state index contributed by atoms with van der Waals surface area (Å²) >= 11 is 0. The third-order valence-electron chi connectivity index (χ3n) is 3.18. The zero-order chi connectivity index (χ0) is 8.82. The molecule has 1 aliphatic carbocycles. The molecular formula is C8H14ClNO3. The summed E-state index contributed by atoms with van der Waals surface area (Å²) in [5.74, 6) is -0.723. The van der Waals surface area contributed by atoms with Crippen LogP contribution in [-0.2, 0) is 4.79 Å². The van der Waals surface area contributed by atoms with Gasteiger partial charge in [0, 0.05) is 25.1 Å². The van der Waals surface area contributed by atoms with Crippen LogP contribution in [0, 0.1) is 10.8 Å². The molecule has 3 fully saturated rings. The van der Waals surface area contributed by atoms with Gasteiger partial charge in [0.1, 0.15) is 0 Å². The first-order chi connectivity index (χ1) is 5.63. The molecule has 2 bridgehead atoms. The standard InChI is InChI=1S/C8H13NO3.ClH/c10-5-7-1-8(2-7,6(11)12)4-9-3-7;/h9-10H,1-5H2,(H,11,12);1H. The van der Waals surface area contributed by atoms with Gasteiger partial charge in [0.25, 0.3) is 0 Å². The number of hydrogen-bond donors (Lipinski definition) is 3. The normalized spacial score (nSPS) is 41.6. The molecule has 2 heterocycles. The molecule has 4 nitrogen and oxygen atoms in total. The average Bonchev–Trinajstić information content (AvgIpc) is 2.03. The van der Waals surface area contributed by atoms with Gasteiger partial charge in [-0.2, -0.15) is 0 Å². The van der Waals surface area contributed by atoms with E-state index < -0.39 is 11.4 Å². The van der Waals surface area contributed by atoms with Crippen molar-refractivity contribution in [1.82, 2.24) is 5.32 Å². The molecule has 0 spiro atoms. The van der Waals surface area contributed by atoms with Crippen molar-refractivity contribution in [3.05, 3.63) is 0 Å². The van der Waals surface area contributed by atoms with Crippen LogP contribution < -0.4 is 5.32 Å². The molecule has 3 aliphatic rings. The van der Waals surface area contributed by atoms with E-state index in [-0.39, 0.29) is 24.4 Å². The van der Waals surface area contributed by atoms with Crippen LogP contribution in [0.25, 0.3) is 0 Å². The first-order valence-electron chi connectivity index (χ1n) is 4.18. The van der Waals surface area contributed by atoms with Crippen molar-refractivity contribution < 1.29 is 15.0 Å². The molecule has 2 saturated heterocycles. The number of carboxylic acids is 1. The molecular weight excluding hydrogens is 194 g/mol. The Morgan fingerprint density at radius 2 is 2.00 bits per heavy atom. The van der Waals surface area contributed by atoms with E-state index in [0.717, 1.165) is 6.54 Å². The van der Waals surface area contributed by atoms with Crippen molar-refractivity contribution in [3.8, 4) is 0 Å². The van der Waals surface area contributed by atoms with Crippen LogP contribution in [0.3, 0.4) is 0 Å². The van der Waals surface area contributed by atoms with Gasteiger partial charge < -0.3 is 15.5 Å². The second-order valence-electron chi connectivity index (χ2n) is 4.20. The molecule has 0 radical (unpaired) electrons. The van der Waals surface area contributed by atoms with Gasteiger partial charge in [-0.15, -0.1) is 12.4 Å². The van der Waals surface area contributed by atoms with E-state index in [2.05, 4.69) is 5.32 Å². The van der Waals surface area contributed by atoms with Crippen LogP contribution in [0.5, 0.6) is 0 Å². The molecule has 0 unspecified atom stereocenters. The molecule has 1 saturated carbocycles. The van der Waals surface area contributed by atoms with Gasteiger partial charge in [-0.25, -0.2) is 0 Å². The Labute approximate surface area is 82.7 Å². The summed E-state index contributed by atoms with van der Waals surface area (Å²) in [4.78, 5) is 10.9. The summed E-state index contributed by atoms with van der Waals surface area (Å²) in [5, 5.41) is 21.0. The number of aliphatic carboxylic acids is 1. The summed E-state index contributed by atoms with van der Waals surface area (Å²) in [6.07, 6.45) is 1.28. The molecule has 0 atom stereocenters. The molecule has 3 N–H and O–H groups in total. The highest BCUT2D eigenvalue weighted by Gasteiger charge is 2.61. The molecule has 0 aromatic heterocycles. The van der Waals surface area contributed by atoms with Crippen LogP contribution in [-0.4, -0.2) is 35.9 Å². The number of nitrogens with one attached hydrogen (secondary N) is 1. The van der Waals surface area contributed by atoms with Gasteiger partial charge in [0.05, 0.1) is 5.41 Å². The van der Waals surface area contributed by atoms with Crippen LogP contribution in [0.2, 0.25) is 0 Å². The van der Waals surface area contributed by atoms with E-state index in [1.54, 1.807) is 0 Å². The fourth-order valence-electron chi connectivity index (χ4n) is 2.60. The number of carboxylic acid groups (broad SMARTS) is 1. The number of piperidine rings is 2. The second-order valence-corrected chi connectivity index (χ2v) is 4.20. The van der Waals surface area contributed by atoms with Crippen LogP contribution in [0.15, 0.2) is 0 Å². The van der Waals surface area contributed by atoms with Gasteiger partial charge >= 0.3 is 5.97 Å². The average molecular weight is 208 g/mol. The third-order valence-corrected chi connectivity index (χ3v) is 3.18. The Balaban J connectivity index is 0.000000845. The van der Waals surface area contributed by atoms with Gasteiger partial charge in [-0.05, 0) is 12.8 Å². The lowest BCUT2D eigenvalue weighted by atomic mass is 9.50. The Morgan fingerprint density at radius 3 is 2.46 bits per heavy atom. The topological polar surface area (TPSA) is 69.6 Å². The van der Waals surface area contributed by atoms with E-state index in [1.165, 1.54) is 0 Å². The quantitative estimate of drug-likeness (QED) is 0.590. The highest BCUT2D eigenvalue weighted by atomic mass is 35.5. The molecule has 3 rings (SSSR count). The number of aliphatic hydroxyl groups is 1. The van der Waals surface area contributed by atoms with Crippen molar-refractivity contribution >= 4 is 18.4 Å². The Morgan fingerprint density at radius 1 is 1.38 bits per heavy atom. The van der Waals surface area contributed by atoms with E-state index in [0.29, 0.717) is 19.4 Å². The maximum Gasteiger partial charge on any atom is 0.310 e. The van der Waals surface area contributed by atoms with Gasteiger partial charge in [-0.1, -0.05) is 0 Å². The predicted molar refractivity (Wildman–Crippen MR) is 48.9 cm³/mol. The highest BCUT2D eigenvalue weighted by molar-refractivity contribution is 5.85. The molecule has 13 heavy (non-hydrogen) atoms. The summed E-state index contributed by atoms with van der Waals surface area (Å²) < 4.78 is 0. The van der Waals surface area contributed by atoms with Gasteiger partial charge in [0.15, 0.2) is 0 Å². The summed E-state index contributed by atoms with van der Waals surface area (Å²) in [5.41, 5.74) is -0.697. The maximum atomic E-state index is 10.9. The summed E-state index contributed by atoms with van der Waals surface area (Å²) in [7, 11) is 0. The first-order valence-corrected chi connectivity index (χ1v) is 4.18. The highest BCUT2D eigenvalue weighted by Crippen LogP contribution is 2.56. The number of rotatable bonds is 2. The minimum atomic E-state index is -0.723. The predicted octanol–water partition coefficient (Wildman–Crippen LogP) is -0.145. The number of halogens is 1. The number of hydrogen-bond acceptors (Lipinski definition) is 3. The Bertz CT molecular complexity index is 225. The van der Waals surface area contributed by atoms with Crippen molar-refractivity contribution in [2.45, 2.75) is 12.8 Å². The molecule has 76 valence electrons. The molecule has 0 aromatic rings. The maximum absolute atomic E-state index is 10.9. The van der Waals surface area contributed by atoms with Crippen molar-refractivity contribution in [2.75, 3.05) is 19.7 Å². The zero-order valence-corrected chi connectivity index (χ0v) is 8.06. The molecule has 0 aromatic carbocycles. The number of carbonyl (C=O) groups is 1. The first kappa shape index (κ1) is 10.8.